The standard InChI is InChI=1S/C13H16N2O3S/c1-19(17,18)9-3-7-15-13(16)11-4-2-5-12-10(11)6-8-14-12/h2,4-6,8,14H,3,7,9H2,1H3,(H,15,16). The molecule has 19 heavy (non-hydrogen) atoms. The van der Waals surface area contributed by atoms with Gasteiger partial charge in [-0.05, 0) is 24.6 Å². The van der Waals surface area contributed by atoms with Crippen molar-refractivity contribution < 1.29 is 13.2 Å². The van der Waals surface area contributed by atoms with Crippen LogP contribution in [0.5, 0.6) is 0 Å². The molecule has 1 aromatic carbocycles. The van der Waals surface area contributed by atoms with Crippen molar-refractivity contribution >= 4 is 26.6 Å². The Hall–Kier alpha value is -1.82. The molecule has 0 aliphatic heterocycles. The Morgan fingerprint density at radius 2 is 2.11 bits per heavy atom. The van der Waals surface area contributed by atoms with E-state index < -0.39 is 9.84 Å². The molecule has 6 heteroatoms. The van der Waals surface area contributed by atoms with Crippen LogP contribution in [-0.4, -0.2) is 37.9 Å². The molecule has 0 fully saturated rings. The van der Waals surface area contributed by atoms with Gasteiger partial charge >= 0.3 is 0 Å². The Labute approximate surface area is 111 Å². The number of hydrogen-bond donors (Lipinski definition) is 2. The molecule has 2 N–H and O–H groups in total. The second-order valence-corrected chi connectivity index (χ2v) is 6.74. The molecule has 0 atom stereocenters. The van der Waals surface area contributed by atoms with Crippen LogP contribution in [0.4, 0.5) is 0 Å². The SMILES string of the molecule is CS(=O)(=O)CCCNC(=O)c1cccc2[nH]ccc12. The lowest BCUT2D eigenvalue weighted by atomic mass is 10.1. The van der Waals surface area contributed by atoms with Crippen LogP contribution >= 0.6 is 0 Å². The van der Waals surface area contributed by atoms with E-state index >= 15 is 0 Å². The van der Waals surface area contributed by atoms with Crippen molar-refractivity contribution in [3.63, 3.8) is 0 Å². The predicted octanol–water partition coefficient (Wildman–Crippen LogP) is 1.33. The van der Waals surface area contributed by atoms with Gasteiger partial charge in [-0.2, -0.15) is 0 Å². The Kier molecular flexibility index (Phi) is 3.90. The first-order valence-corrected chi connectivity index (χ1v) is 8.05. The maximum atomic E-state index is 12.0. The topological polar surface area (TPSA) is 79.0 Å². The van der Waals surface area contributed by atoms with Crippen molar-refractivity contribution in [2.75, 3.05) is 18.6 Å². The lowest BCUT2D eigenvalue weighted by Gasteiger charge is -2.05. The van der Waals surface area contributed by atoms with Crippen LogP contribution in [-0.2, 0) is 9.84 Å². The monoisotopic (exact) mass is 280 g/mol. The third kappa shape index (κ3) is 3.57. The minimum absolute atomic E-state index is 0.0850. The molecule has 0 bridgehead atoms. The molecule has 1 heterocycles. The molecule has 1 aromatic heterocycles. The second kappa shape index (κ2) is 5.44. The van der Waals surface area contributed by atoms with Gasteiger partial charge in [-0.3, -0.25) is 4.79 Å². The van der Waals surface area contributed by atoms with E-state index in [-0.39, 0.29) is 11.7 Å². The summed E-state index contributed by atoms with van der Waals surface area (Å²) in [4.78, 5) is 15.0. The normalized spacial score (nSPS) is 11.6. The molecule has 0 radical (unpaired) electrons. The Balaban J connectivity index is 1.99. The van der Waals surface area contributed by atoms with Crippen LogP contribution in [0, 0.1) is 0 Å². The van der Waals surface area contributed by atoms with Crippen LogP contribution in [0.1, 0.15) is 16.8 Å². The van der Waals surface area contributed by atoms with Crippen LogP contribution in [0.25, 0.3) is 10.9 Å². The third-order valence-electron chi connectivity index (χ3n) is 2.82. The average molecular weight is 280 g/mol. The van der Waals surface area contributed by atoms with Gasteiger partial charge in [-0.15, -0.1) is 0 Å². The Morgan fingerprint density at radius 3 is 2.84 bits per heavy atom. The van der Waals surface area contributed by atoms with E-state index in [1.807, 2.05) is 18.2 Å². The number of nitrogens with one attached hydrogen (secondary N) is 2. The predicted molar refractivity (Wildman–Crippen MR) is 75.0 cm³/mol. The highest BCUT2D eigenvalue weighted by Crippen LogP contribution is 2.16. The zero-order chi connectivity index (χ0) is 13.9. The van der Waals surface area contributed by atoms with Gasteiger partial charge in [0, 0.05) is 35.5 Å². The number of sulfone groups is 1. The van der Waals surface area contributed by atoms with Gasteiger partial charge in [0.25, 0.3) is 5.91 Å². The van der Waals surface area contributed by atoms with Crippen molar-refractivity contribution in [1.29, 1.82) is 0 Å². The minimum Gasteiger partial charge on any atom is -0.361 e. The first kappa shape index (κ1) is 13.6. The lowest BCUT2D eigenvalue weighted by molar-refractivity contribution is 0.0955. The summed E-state index contributed by atoms with van der Waals surface area (Å²) in [5.74, 6) is -0.0968. The molecule has 2 aromatic rings. The molecule has 0 aliphatic rings. The number of aromatic nitrogens is 1. The number of H-pyrrole nitrogens is 1. The summed E-state index contributed by atoms with van der Waals surface area (Å²) in [6.45, 7) is 0.354. The first-order chi connectivity index (χ1) is 8.97. The highest BCUT2D eigenvalue weighted by molar-refractivity contribution is 7.90. The summed E-state index contributed by atoms with van der Waals surface area (Å²) in [7, 11) is -2.97. The van der Waals surface area contributed by atoms with Crippen LogP contribution in [0.2, 0.25) is 0 Å². The largest absolute Gasteiger partial charge is 0.361 e. The fraction of sp³-hybridized carbons (Fsp3) is 0.308. The number of aromatic amines is 1. The molecule has 0 aliphatic carbocycles. The van der Waals surface area contributed by atoms with Gasteiger partial charge in [0.05, 0.1) is 5.75 Å². The minimum atomic E-state index is -2.97. The fourth-order valence-corrected chi connectivity index (χ4v) is 2.58. The summed E-state index contributed by atoms with van der Waals surface area (Å²) < 4.78 is 21.9. The average Bonchev–Trinajstić information content (AvgIpc) is 2.81. The summed E-state index contributed by atoms with van der Waals surface area (Å²) in [6, 6.07) is 7.31. The van der Waals surface area contributed by atoms with Crippen molar-refractivity contribution in [2.45, 2.75) is 6.42 Å². The van der Waals surface area contributed by atoms with Crippen molar-refractivity contribution in [1.82, 2.24) is 10.3 Å². The van der Waals surface area contributed by atoms with E-state index in [0.717, 1.165) is 10.9 Å². The molecule has 0 unspecified atom stereocenters. The quantitative estimate of drug-likeness (QED) is 0.811. The van der Waals surface area contributed by atoms with E-state index in [9.17, 15) is 13.2 Å². The number of amides is 1. The van der Waals surface area contributed by atoms with E-state index in [1.165, 1.54) is 6.26 Å². The highest BCUT2D eigenvalue weighted by atomic mass is 32.2. The Bertz CT molecular complexity index is 689. The second-order valence-electron chi connectivity index (χ2n) is 4.48. The molecule has 2 rings (SSSR count). The molecule has 0 spiro atoms. The number of rotatable bonds is 5. The number of carbonyl (C=O) groups excluding carboxylic acids is 1. The molecule has 102 valence electrons. The van der Waals surface area contributed by atoms with Gasteiger partial charge in [-0.25, -0.2) is 8.42 Å². The lowest BCUT2D eigenvalue weighted by Crippen LogP contribution is -2.25. The summed E-state index contributed by atoms with van der Waals surface area (Å²) in [5.41, 5.74) is 1.50. The number of hydrogen-bond acceptors (Lipinski definition) is 3. The van der Waals surface area contributed by atoms with Crippen molar-refractivity contribution in [3.8, 4) is 0 Å². The molecular formula is C13H16N2O3S. The fourth-order valence-electron chi connectivity index (χ4n) is 1.91. The van der Waals surface area contributed by atoms with Crippen molar-refractivity contribution in [3.05, 3.63) is 36.0 Å². The van der Waals surface area contributed by atoms with E-state index in [1.54, 1.807) is 12.3 Å². The van der Waals surface area contributed by atoms with Gasteiger partial charge in [0.1, 0.15) is 9.84 Å². The number of carbonyl (C=O) groups is 1. The zero-order valence-corrected chi connectivity index (χ0v) is 11.5. The molecular weight excluding hydrogens is 264 g/mol. The van der Waals surface area contributed by atoms with E-state index in [2.05, 4.69) is 10.3 Å². The maximum Gasteiger partial charge on any atom is 0.251 e. The number of benzene rings is 1. The smallest absolute Gasteiger partial charge is 0.251 e. The maximum absolute atomic E-state index is 12.0. The van der Waals surface area contributed by atoms with Crippen LogP contribution in [0.15, 0.2) is 30.5 Å². The first-order valence-electron chi connectivity index (χ1n) is 5.99. The molecule has 0 saturated carbocycles. The van der Waals surface area contributed by atoms with Gasteiger partial charge in [0.15, 0.2) is 0 Å². The summed E-state index contributed by atoms with van der Waals surface area (Å²) in [5, 5.41) is 3.60. The van der Waals surface area contributed by atoms with E-state index in [4.69, 9.17) is 0 Å². The van der Waals surface area contributed by atoms with Gasteiger partial charge in [-0.1, -0.05) is 6.07 Å². The third-order valence-corrected chi connectivity index (χ3v) is 3.85. The Morgan fingerprint density at radius 1 is 1.32 bits per heavy atom. The van der Waals surface area contributed by atoms with Crippen molar-refractivity contribution in [2.24, 2.45) is 0 Å². The summed E-state index contributed by atoms with van der Waals surface area (Å²) >= 11 is 0. The molecule has 1 amide bonds. The van der Waals surface area contributed by atoms with Gasteiger partial charge in [0.2, 0.25) is 0 Å². The number of fused-ring (bicyclic) bond motifs is 1. The van der Waals surface area contributed by atoms with Crippen LogP contribution in [0.3, 0.4) is 0 Å². The molecule has 0 saturated heterocycles. The molecule has 5 nitrogen and oxygen atoms in total. The van der Waals surface area contributed by atoms with Crippen LogP contribution < -0.4 is 5.32 Å². The van der Waals surface area contributed by atoms with E-state index in [0.29, 0.717) is 18.5 Å². The highest BCUT2D eigenvalue weighted by Gasteiger charge is 2.10. The van der Waals surface area contributed by atoms with Gasteiger partial charge < -0.3 is 10.3 Å². The zero-order valence-electron chi connectivity index (χ0n) is 10.6. The summed E-state index contributed by atoms with van der Waals surface area (Å²) in [6.07, 6.45) is 3.40.